The van der Waals surface area contributed by atoms with Gasteiger partial charge < -0.3 is 9.64 Å². The Hall–Kier alpha value is -2.27. The first-order valence-corrected chi connectivity index (χ1v) is 10.0. The van der Waals surface area contributed by atoms with Gasteiger partial charge in [-0.25, -0.2) is 0 Å². The Balaban J connectivity index is 1.48. The number of ether oxygens (including phenoxy) is 1. The van der Waals surface area contributed by atoms with E-state index in [1.54, 1.807) is 0 Å². The first-order valence-electron chi connectivity index (χ1n) is 10.0. The quantitative estimate of drug-likeness (QED) is 0.780. The van der Waals surface area contributed by atoms with Crippen LogP contribution in [0.4, 0.5) is 0 Å². The van der Waals surface area contributed by atoms with Gasteiger partial charge >= 0.3 is 0 Å². The molecule has 27 heavy (non-hydrogen) atoms. The molecule has 1 aliphatic carbocycles. The highest BCUT2D eigenvalue weighted by Crippen LogP contribution is 2.28. The number of benzene rings is 1. The molecule has 5 heteroatoms. The number of carbonyl (C=O) groups is 1. The minimum atomic E-state index is 0.110. The Bertz CT molecular complexity index is 763. The minimum Gasteiger partial charge on any atom is -0.376 e. The highest BCUT2D eigenvalue weighted by Gasteiger charge is 2.28. The molecule has 0 spiro atoms. The van der Waals surface area contributed by atoms with E-state index in [-0.39, 0.29) is 12.0 Å². The number of hydrogen-bond donors (Lipinski definition) is 0. The van der Waals surface area contributed by atoms with Crippen molar-refractivity contribution in [3.8, 4) is 11.3 Å². The number of aromatic nitrogens is 2. The zero-order valence-electron chi connectivity index (χ0n) is 15.9. The standard InChI is InChI=1S/C22H27N3O2/c1-16-7-12-21(24-23-16)18-8-10-19(11-9-18)22(26)25(14-17-4-2-5-17)15-20-6-3-13-27-20/h7-12,17,20H,2-6,13-15H2,1H3/t20-/m1/s1. The third kappa shape index (κ3) is 4.35. The molecule has 0 bridgehead atoms. The van der Waals surface area contributed by atoms with E-state index in [1.165, 1.54) is 19.3 Å². The Morgan fingerprint density at radius 3 is 2.44 bits per heavy atom. The molecule has 1 aromatic heterocycles. The molecule has 1 aromatic carbocycles. The predicted molar refractivity (Wildman–Crippen MR) is 104 cm³/mol. The van der Waals surface area contributed by atoms with Crippen LogP contribution in [0.5, 0.6) is 0 Å². The third-order valence-electron chi connectivity index (χ3n) is 5.66. The second kappa shape index (κ2) is 8.17. The van der Waals surface area contributed by atoms with E-state index in [0.29, 0.717) is 12.5 Å². The van der Waals surface area contributed by atoms with Gasteiger partial charge in [-0.1, -0.05) is 18.6 Å². The van der Waals surface area contributed by atoms with Crippen molar-refractivity contribution in [1.29, 1.82) is 0 Å². The predicted octanol–water partition coefficient (Wildman–Crippen LogP) is 3.87. The van der Waals surface area contributed by atoms with Crippen molar-refractivity contribution in [2.45, 2.75) is 45.1 Å². The summed E-state index contributed by atoms with van der Waals surface area (Å²) in [6.45, 7) is 4.30. The van der Waals surface area contributed by atoms with Gasteiger partial charge in [0.2, 0.25) is 0 Å². The lowest BCUT2D eigenvalue weighted by atomic mass is 9.85. The molecule has 1 atom stereocenters. The number of carbonyl (C=O) groups excluding carboxylic acids is 1. The van der Waals surface area contributed by atoms with Crippen LogP contribution in [-0.4, -0.2) is 46.8 Å². The van der Waals surface area contributed by atoms with Crippen molar-refractivity contribution in [2.24, 2.45) is 5.92 Å². The zero-order valence-corrected chi connectivity index (χ0v) is 15.9. The van der Waals surface area contributed by atoms with E-state index in [1.807, 2.05) is 48.2 Å². The summed E-state index contributed by atoms with van der Waals surface area (Å²) >= 11 is 0. The van der Waals surface area contributed by atoms with Gasteiger partial charge in [-0.2, -0.15) is 10.2 Å². The molecule has 2 aromatic rings. The highest BCUT2D eigenvalue weighted by atomic mass is 16.5. The Morgan fingerprint density at radius 2 is 1.85 bits per heavy atom. The molecule has 1 amide bonds. The number of aryl methyl sites for hydroxylation is 1. The van der Waals surface area contributed by atoms with Crippen LogP contribution in [0.15, 0.2) is 36.4 Å². The van der Waals surface area contributed by atoms with Gasteiger partial charge in [0.15, 0.2) is 0 Å². The summed E-state index contributed by atoms with van der Waals surface area (Å²) in [5.41, 5.74) is 3.43. The first-order chi connectivity index (χ1) is 13.2. The summed E-state index contributed by atoms with van der Waals surface area (Å²) in [5, 5.41) is 8.33. The molecule has 142 valence electrons. The van der Waals surface area contributed by atoms with Crippen molar-refractivity contribution in [3.05, 3.63) is 47.7 Å². The second-order valence-corrected chi connectivity index (χ2v) is 7.78. The minimum absolute atomic E-state index is 0.110. The first kappa shape index (κ1) is 18.1. The van der Waals surface area contributed by atoms with Crippen LogP contribution in [0.3, 0.4) is 0 Å². The van der Waals surface area contributed by atoms with E-state index in [0.717, 1.165) is 48.5 Å². The lowest BCUT2D eigenvalue weighted by Crippen LogP contribution is -2.41. The molecule has 1 saturated carbocycles. The van der Waals surface area contributed by atoms with Crippen LogP contribution < -0.4 is 0 Å². The fraction of sp³-hybridized carbons (Fsp3) is 0.500. The number of rotatable bonds is 6. The molecular formula is C22H27N3O2. The van der Waals surface area contributed by atoms with Crippen LogP contribution in [0, 0.1) is 12.8 Å². The number of nitrogens with zero attached hydrogens (tertiary/aromatic N) is 3. The van der Waals surface area contributed by atoms with Crippen LogP contribution in [0.25, 0.3) is 11.3 Å². The molecule has 4 rings (SSSR count). The molecule has 2 aliphatic rings. The van der Waals surface area contributed by atoms with Gasteiger partial charge in [0.25, 0.3) is 5.91 Å². The van der Waals surface area contributed by atoms with Crippen LogP contribution in [-0.2, 0) is 4.74 Å². The lowest BCUT2D eigenvalue weighted by molar-refractivity contribution is 0.0448. The summed E-state index contributed by atoms with van der Waals surface area (Å²) in [5.74, 6) is 0.761. The number of hydrogen-bond acceptors (Lipinski definition) is 4. The van der Waals surface area contributed by atoms with Crippen LogP contribution in [0.1, 0.15) is 48.2 Å². The van der Waals surface area contributed by atoms with Crippen molar-refractivity contribution < 1.29 is 9.53 Å². The van der Waals surface area contributed by atoms with Gasteiger partial charge in [0.05, 0.1) is 17.5 Å². The van der Waals surface area contributed by atoms with Crippen molar-refractivity contribution in [3.63, 3.8) is 0 Å². The summed E-state index contributed by atoms with van der Waals surface area (Å²) in [6.07, 6.45) is 6.11. The van der Waals surface area contributed by atoms with E-state index in [9.17, 15) is 4.79 Å². The monoisotopic (exact) mass is 365 g/mol. The zero-order chi connectivity index (χ0) is 18.6. The summed E-state index contributed by atoms with van der Waals surface area (Å²) < 4.78 is 5.78. The maximum Gasteiger partial charge on any atom is 0.253 e. The van der Waals surface area contributed by atoms with Gasteiger partial charge in [-0.15, -0.1) is 0 Å². The van der Waals surface area contributed by atoms with E-state index < -0.39 is 0 Å². The van der Waals surface area contributed by atoms with Crippen LogP contribution in [0.2, 0.25) is 0 Å². The molecule has 1 aliphatic heterocycles. The molecule has 2 fully saturated rings. The molecule has 0 unspecified atom stereocenters. The SMILES string of the molecule is Cc1ccc(-c2ccc(C(=O)N(CC3CCC3)C[C@H]3CCCO3)cc2)nn1. The van der Waals surface area contributed by atoms with E-state index in [2.05, 4.69) is 10.2 Å². The molecule has 0 radical (unpaired) electrons. The van der Waals surface area contributed by atoms with Crippen molar-refractivity contribution in [2.75, 3.05) is 19.7 Å². The van der Waals surface area contributed by atoms with Crippen molar-refractivity contribution >= 4 is 5.91 Å². The fourth-order valence-corrected chi connectivity index (χ4v) is 3.78. The summed E-state index contributed by atoms with van der Waals surface area (Å²) in [4.78, 5) is 15.2. The lowest BCUT2D eigenvalue weighted by Gasteiger charge is -2.33. The summed E-state index contributed by atoms with van der Waals surface area (Å²) in [7, 11) is 0. The van der Waals surface area contributed by atoms with E-state index in [4.69, 9.17) is 4.74 Å². The molecule has 2 heterocycles. The topological polar surface area (TPSA) is 55.3 Å². The molecular weight excluding hydrogens is 338 g/mol. The Labute approximate surface area is 160 Å². The summed E-state index contributed by atoms with van der Waals surface area (Å²) in [6, 6.07) is 11.6. The normalized spacial score (nSPS) is 19.7. The van der Waals surface area contributed by atoms with E-state index >= 15 is 0 Å². The van der Waals surface area contributed by atoms with Gasteiger partial charge in [-0.3, -0.25) is 4.79 Å². The highest BCUT2D eigenvalue weighted by molar-refractivity contribution is 5.94. The maximum atomic E-state index is 13.1. The fourth-order valence-electron chi connectivity index (χ4n) is 3.78. The molecule has 1 saturated heterocycles. The maximum absolute atomic E-state index is 13.1. The van der Waals surface area contributed by atoms with Crippen molar-refractivity contribution in [1.82, 2.24) is 15.1 Å². The van der Waals surface area contributed by atoms with Gasteiger partial charge in [0, 0.05) is 30.8 Å². The van der Waals surface area contributed by atoms with Crippen LogP contribution >= 0.6 is 0 Å². The Kier molecular flexibility index (Phi) is 5.48. The largest absolute Gasteiger partial charge is 0.376 e. The number of amides is 1. The third-order valence-corrected chi connectivity index (χ3v) is 5.66. The van der Waals surface area contributed by atoms with Gasteiger partial charge in [-0.05, 0) is 62.8 Å². The molecule has 5 nitrogen and oxygen atoms in total. The average Bonchev–Trinajstić information content (AvgIpc) is 3.17. The Morgan fingerprint density at radius 1 is 1.04 bits per heavy atom. The molecule has 0 N–H and O–H groups in total. The smallest absolute Gasteiger partial charge is 0.253 e. The average molecular weight is 365 g/mol. The second-order valence-electron chi connectivity index (χ2n) is 7.78. The van der Waals surface area contributed by atoms with Gasteiger partial charge in [0.1, 0.15) is 0 Å².